The molecule has 2 aromatic rings. The van der Waals surface area contributed by atoms with Crippen LogP contribution in [-0.2, 0) is 29.5 Å². The van der Waals surface area contributed by atoms with E-state index in [-0.39, 0.29) is 18.4 Å². The predicted molar refractivity (Wildman–Crippen MR) is 90.0 cm³/mol. The lowest BCUT2D eigenvalue weighted by molar-refractivity contribution is -0.128. The molecule has 0 radical (unpaired) electrons. The van der Waals surface area contributed by atoms with Gasteiger partial charge in [-0.1, -0.05) is 30.8 Å². The molecule has 1 unspecified atom stereocenters. The van der Waals surface area contributed by atoms with Crippen molar-refractivity contribution in [3.63, 3.8) is 0 Å². The Balaban J connectivity index is 2.10. The largest absolute Gasteiger partial charge is 0.369 e. The molecule has 6 heteroatoms. The maximum absolute atomic E-state index is 12.4. The Morgan fingerprint density at radius 3 is 2.88 bits per heavy atom. The zero-order valence-corrected chi connectivity index (χ0v) is 13.6. The van der Waals surface area contributed by atoms with Crippen molar-refractivity contribution in [3.8, 4) is 0 Å². The number of carbonyl (C=O) groups excluding carboxylic acids is 2. The first-order valence-electron chi connectivity index (χ1n) is 7.83. The molecule has 0 spiro atoms. The molecule has 1 aromatic heterocycles. The zero-order chi connectivity index (χ0) is 17.3. The molecule has 3 rings (SSSR count). The van der Waals surface area contributed by atoms with Crippen molar-refractivity contribution in [2.75, 3.05) is 6.54 Å². The number of nitrogens with two attached hydrogens (primary N) is 1. The maximum atomic E-state index is 12.4. The Kier molecular flexibility index (Phi) is 4.20. The van der Waals surface area contributed by atoms with Crippen LogP contribution < -0.4 is 5.73 Å². The lowest BCUT2D eigenvalue weighted by atomic mass is 9.90. The molecule has 1 aromatic carbocycles. The highest BCUT2D eigenvalue weighted by molar-refractivity contribution is 5.88. The molecule has 2 heterocycles. The number of hydrogen-bond acceptors (Lipinski definition) is 3. The minimum absolute atomic E-state index is 0.0810. The van der Waals surface area contributed by atoms with Crippen LogP contribution in [-0.4, -0.2) is 33.0 Å². The van der Waals surface area contributed by atoms with Gasteiger partial charge in [0.05, 0.1) is 23.9 Å². The van der Waals surface area contributed by atoms with E-state index < -0.39 is 5.91 Å². The van der Waals surface area contributed by atoms with Crippen molar-refractivity contribution in [3.05, 3.63) is 65.5 Å². The first-order chi connectivity index (χ1) is 11.5. The van der Waals surface area contributed by atoms with Gasteiger partial charge in [0.2, 0.25) is 11.8 Å². The maximum Gasteiger partial charge on any atom is 0.246 e. The number of rotatable bonds is 4. The fourth-order valence-electron chi connectivity index (χ4n) is 3.30. The Labute approximate surface area is 140 Å². The molecule has 0 saturated carbocycles. The van der Waals surface area contributed by atoms with E-state index in [0.717, 1.165) is 17.7 Å². The normalized spacial score (nSPS) is 16.5. The number of aromatic nitrogens is 2. The van der Waals surface area contributed by atoms with Gasteiger partial charge >= 0.3 is 0 Å². The van der Waals surface area contributed by atoms with Crippen molar-refractivity contribution in [2.24, 2.45) is 12.8 Å². The van der Waals surface area contributed by atoms with Crippen LogP contribution in [0.25, 0.3) is 0 Å². The van der Waals surface area contributed by atoms with Gasteiger partial charge in [-0.2, -0.15) is 5.10 Å². The molecule has 1 aliphatic heterocycles. The molecule has 2 amide bonds. The second-order valence-corrected chi connectivity index (χ2v) is 5.91. The summed E-state index contributed by atoms with van der Waals surface area (Å²) in [7, 11) is 1.81. The number of nitrogens with zero attached hydrogens (tertiary/aromatic N) is 3. The number of fused-ring (bicyclic) bond motifs is 1. The van der Waals surface area contributed by atoms with Crippen LogP contribution in [0, 0.1) is 0 Å². The highest BCUT2D eigenvalue weighted by Crippen LogP contribution is 2.35. The molecule has 2 N–H and O–H groups in total. The third-order valence-electron chi connectivity index (χ3n) is 4.34. The summed E-state index contributed by atoms with van der Waals surface area (Å²) in [4.78, 5) is 25.3. The van der Waals surface area contributed by atoms with Crippen molar-refractivity contribution in [1.29, 1.82) is 0 Å². The monoisotopic (exact) mass is 324 g/mol. The molecule has 0 fully saturated rings. The SMILES string of the molecule is C=CC(=O)N1CCc2ccccc2C1c1cc(CC(N)=O)nn1C. The summed E-state index contributed by atoms with van der Waals surface area (Å²) in [5.74, 6) is -0.546. The molecule has 1 aliphatic rings. The lowest BCUT2D eigenvalue weighted by Crippen LogP contribution is -2.40. The van der Waals surface area contributed by atoms with E-state index in [1.54, 1.807) is 9.58 Å². The topological polar surface area (TPSA) is 81.2 Å². The van der Waals surface area contributed by atoms with E-state index in [9.17, 15) is 9.59 Å². The fourth-order valence-corrected chi connectivity index (χ4v) is 3.30. The van der Waals surface area contributed by atoms with E-state index in [2.05, 4.69) is 17.7 Å². The number of hydrogen-bond donors (Lipinski definition) is 1. The minimum Gasteiger partial charge on any atom is -0.369 e. The van der Waals surface area contributed by atoms with Gasteiger partial charge in [0.15, 0.2) is 0 Å². The van der Waals surface area contributed by atoms with Gasteiger partial charge in [0.25, 0.3) is 0 Å². The van der Waals surface area contributed by atoms with Crippen molar-refractivity contribution < 1.29 is 9.59 Å². The van der Waals surface area contributed by atoms with Gasteiger partial charge in [-0.05, 0) is 29.7 Å². The van der Waals surface area contributed by atoms with Crippen molar-refractivity contribution in [1.82, 2.24) is 14.7 Å². The van der Waals surface area contributed by atoms with Crippen LogP contribution in [0.15, 0.2) is 43.0 Å². The molecule has 0 bridgehead atoms. The van der Waals surface area contributed by atoms with E-state index in [1.165, 1.54) is 11.6 Å². The summed E-state index contributed by atoms with van der Waals surface area (Å²) in [6, 6.07) is 9.68. The van der Waals surface area contributed by atoms with E-state index >= 15 is 0 Å². The minimum atomic E-state index is -0.428. The number of amides is 2. The van der Waals surface area contributed by atoms with Gasteiger partial charge in [0.1, 0.15) is 0 Å². The summed E-state index contributed by atoms with van der Waals surface area (Å²) < 4.78 is 1.72. The summed E-state index contributed by atoms with van der Waals surface area (Å²) in [5.41, 5.74) is 9.02. The van der Waals surface area contributed by atoms with Gasteiger partial charge in [-0.15, -0.1) is 0 Å². The smallest absolute Gasteiger partial charge is 0.246 e. The first-order valence-corrected chi connectivity index (χ1v) is 7.83. The zero-order valence-electron chi connectivity index (χ0n) is 13.6. The van der Waals surface area contributed by atoms with Crippen LogP contribution >= 0.6 is 0 Å². The fraction of sp³-hybridized carbons (Fsp3) is 0.278. The van der Waals surface area contributed by atoms with E-state index in [1.807, 2.05) is 31.3 Å². The molecule has 1 atom stereocenters. The van der Waals surface area contributed by atoms with Gasteiger partial charge in [-0.25, -0.2) is 0 Å². The highest BCUT2D eigenvalue weighted by atomic mass is 16.2. The van der Waals surface area contributed by atoms with Crippen molar-refractivity contribution >= 4 is 11.8 Å². The Bertz CT molecular complexity index is 809. The molecule has 0 aliphatic carbocycles. The molecule has 6 nitrogen and oxygen atoms in total. The number of primary amides is 1. The Morgan fingerprint density at radius 2 is 2.17 bits per heavy atom. The summed E-state index contributed by atoms with van der Waals surface area (Å²) in [5, 5.41) is 4.37. The van der Waals surface area contributed by atoms with Gasteiger partial charge in [-0.3, -0.25) is 14.3 Å². The molecular weight excluding hydrogens is 304 g/mol. The molecule has 124 valence electrons. The number of benzene rings is 1. The lowest BCUT2D eigenvalue weighted by Gasteiger charge is -2.36. The molecular formula is C18H20N4O2. The van der Waals surface area contributed by atoms with Crippen molar-refractivity contribution in [2.45, 2.75) is 18.9 Å². The van der Waals surface area contributed by atoms with Crippen LogP contribution in [0.1, 0.15) is 28.6 Å². The third kappa shape index (κ3) is 2.82. The van der Waals surface area contributed by atoms with Gasteiger partial charge < -0.3 is 10.6 Å². The van der Waals surface area contributed by atoms with Crippen LogP contribution in [0.2, 0.25) is 0 Å². The second-order valence-electron chi connectivity index (χ2n) is 5.91. The highest BCUT2D eigenvalue weighted by Gasteiger charge is 2.33. The average Bonchev–Trinajstić information content (AvgIpc) is 2.92. The molecule has 24 heavy (non-hydrogen) atoms. The predicted octanol–water partition coefficient (Wildman–Crippen LogP) is 1.11. The summed E-state index contributed by atoms with van der Waals surface area (Å²) >= 11 is 0. The number of carbonyl (C=O) groups is 2. The van der Waals surface area contributed by atoms with E-state index in [0.29, 0.717) is 12.2 Å². The Hall–Kier alpha value is -2.89. The quantitative estimate of drug-likeness (QED) is 0.855. The standard InChI is InChI=1S/C18H20N4O2/c1-3-17(24)22-9-8-12-6-4-5-7-14(12)18(22)15-10-13(11-16(19)23)20-21(15)2/h3-7,10,18H,1,8-9,11H2,2H3,(H2,19,23). The third-order valence-corrected chi connectivity index (χ3v) is 4.34. The van der Waals surface area contributed by atoms with Crippen LogP contribution in [0.4, 0.5) is 0 Å². The van der Waals surface area contributed by atoms with Crippen LogP contribution in [0.3, 0.4) is 0 Å². The number of aryl methyl sites for hydroxylation is 1. The second kappa shape index (κ2) is 6.31. The summed E-state index contributed by atoms with van der Waals surface area (Å²) in [6.45, 7) is 4.23. The van der Waals surface area contributed by atoms with E-state index in [4.69, 9.17) is 5.73 Å². The molecule has 0 saturated heterocycles. The summed E-state index contributed by atoms with van der Waals surface area (Å²) in [6.07, 6.45) is 2.22. The average molecular weight is 324 g/mol. The van der Waals surface area contributed by atoms with Crippen LogP contribution in [0.5, 0.6) is 0 Å². The Morgan fingerprint density at radius 1 is 1.42 bits per heavy atom. The first kappa shape index (κ1) is 16.0. The van der Waals surface area contributed by atoms with Gasteiger partial charge in [0, 0.05) is 13.6 Å².